The Bertz CT molecular complexity index is 426. The number of halogens is 1. The van der Waals surface area contributed by atoms with Crippen molar-refractivity contribution in [2.24, 2.45) is 0 Å². The summed E-state index contributed by atoms with van der Waals surface area (Å²) in [5.41, 5.74) is 0.562. The molecule has 1 fully saturated rings. The molecule has 0 aliphatic carbocycles. The van der Waals surface area contributed by atoms with Gasteiger partial charge in [-0.15, -0.1) is 0 Å². The summed E-state index contributed by atoms with van der Waals surface area (Å²) < 4.78 is 0. The topological polar surface area (TPSA) is 57.3 Å². The van der Waals surface area contributed by atoms with Crippen LogP contribution in [0.25, 0.3) is 0 Å². The number of anilines is 1. The Balaban J connectivity index is 1.87. The van der Waals surface area contributed by atoms with Gasteiger partial charge in [0.1, 0.15) is 0 Å². The highest BCUT2D eigenvalue weighted by atomic mass is 35.5. The van der Waals surface area contributed by atoms with Crippen LogP contribution >= 0.6 is 11.6 Å². The average Bonchev–Trinajstić information content (AvgIpc) is 2.32. The molecule has 1 aliphatic heterocycles. The number of aromatic nitrogens is 1. The maximum absolute atomic E-state index is 11.9. The number of hydrogen-bond donors (Lipinski definition) is 2. The molecule has 2 N–H and O–H groups in total. The number of rotatable bonds is 3. The second kappa shape index (κ2) is 6.13. The molecule has 1 aromatic heterocycles. The highest BCUT2D eigenvalue weighted by Crippen LogP contribution is 2.17. The van der Waals surface area contributed by atoms with Crippen LogP contribution in [0.2, 0.25) is 5.15 Å². The smallest absolute Gasteiger partial charge is 0.238 e. The standard InChI is InChI=1S/C12H17ClN4O/c1-9-7-17(6-5-14-9)8-11(18)16-10-3-2-4-15-12(10)13/h2-4,9,14H,5-8H2,1H3,(H,16,18). The van der Waals surface area contributed by atoms with E-state index in [0.29, 0.717) is 23.4 Å². The summed E-state index contributed by atoms with van der Waals surface area (Å²) >= 11 is 5.88. The Hall–Kier alpha value is -1.17. The number of piperazine rings is 1. The summed E-state index contributed by atoms with van der Waals surface area (Å²) in [5.74, 6) is -0.0565. The number of hydrogen-bond acceptors (Lipinski definition) is 4. The third-order valence-electron chi connectivity index (χ3n) is 2.85. The first-order valence-corrected chi connectivity index (χ1v) is 6.39. The van der Waals surface area contributed by atoms with Crippen LogP contribution in [0.3, 0.4) is 0 Å². The maximum atomic E-state index is 11.9. The Morgan fingerprint density at radius 2 is 2.56 bits per heavy atom. The molecular formula is C12H17ClN4O. The first kappa shape index (κ1) is 13.3. The van der Waals surface area contributed by atoms with Crippen molar-refractivity contribution in [2.45, 2.75) is 13.0 Å². The Morgan fingerprint density at radius 3 is 3.28 bits per heavy atom. The summed E-state index contributed by atoms with van der Waals surface area (Å²) in [6.45, 7) is 5.19. The van der Waals surface area contributed by atoms with Gasteiger partial charge in [-0.1, -0.05) is 11.6 Å². The van der Waals surface area contributed by atoms with Gasteiger partial charge in [-0.25, -0.2) is 4.98 Å². The highest BCUT2D eigenvalue weighted by Gasteiger charge is 2.18. The van der Waals surface area contributed by atoms with Crippen LogP contribution in [0.4, 0.5) is 5.69 Å². The summed E-state index contributed by atoms with van der Waals surface area (Å²) in [6, 6.07) is 3.91. The van der Waals surface area contributed by atoms with Gasteiger partial charge >= 0.3 is 0 Å². The zero-order valence-electron chi connectivity index (χ0n) is 10.3. The summed E-state index contributed by atoms with van der Waals surface area (Å²) in [7, 11) is 0. The van der Waals surface area contributed by atoms with Crippen LogP contribution in [-0.4, -0.2) is 48.0 Å². The van der Waals surface area contributed by atoms with Crippen LogP contribution < -0.4 is 10.6 Å². The van der Waals surface area contributed by atoms with Crippen molar-refractivity contribution < 1.29 is 4.79 Å². The van der Waals surface area contributed by atoms with Gasteiger partial charge in [0.05, 0.1) is 12.2 Å². The fourth-order valence-electron chi connectivity index (χ4n) is 2.03. The van der Waals surface area contributed by atoms with Crippen molar-refractivity contribution in [3.05, 3.63) is 23.5 Å². The molecule has 0 radical (unpaired) electrons. The van der Waals surface area contributed by atoms with Gasteiger partial charge in [0.25, 0.3) is 0 Å². The number of carbonyl (C=O) groups excluding carboxylic acids is 1. The van der Waals surface area contributed by atoms with Gasteiger partial charge in [0, 0.05) is 31.9 Å². The first-order chi connectivity index (χ1) is 8.65. The molecule has 1 amide bonds. The average molecular weight is 269 g/mol. The molecule has 0 spiro atoms. The maximum Gasteiger partial charge on any atom is 0.238 e. The summed E-state index contributed by atoms with van der Waals surface area (Å²) in [4.78, 5) is 17.9. The number of nitrogens with zero attached hydrogens (tertiary/aromatic N) is 2. The van der Waals surface area contributed by atoms with E-state index < -0.39 is 0 Å². The summed E-state index contributed by atoms with van der Waals surface area (Å²) in [6.07, 6.45) is 1.59. The monoisotopic (exact) mass is 268 g/mol. The van der Waals surface area contributed by atoms with Crippen LogP contribution in [0.1, 0.15) is 6.92 Å². The van der Waals surface area contributed by atoms with Crippen LogP contribution in [-0.2, 0) is 4.79 Å². The molecule has 1 aromatic rings. The van der Waals surface area contributed by atoms with E-state index in [1.54, 1.807) is 18.3 Å². The molecule has 0 saturated carbocycles. The lowest BCUT2D eigenvalue weighted by Crippen LogP contribution is -2.51. The van der Waals surface area contributed by atoms with Gasteiger partial charge in [0.2, 0.25) is 5.91 Å². The van der Waals surface area contributed by atoms with Gasteiger partial charge in [-0.2, -0.15) is 0 Å². The molecule has 2 rings (SSSR count). The van der Waals surface area contributed by atoms with Crippen LogP contribution in [0, 0.1) is 0 Å². The first-order valence-electron chi connectivity index (χ1n) is 6.01. The molecule has 98 valence electrons. The van der Waals surface area contributed by atoms with Gasteiger partial charge in [-0.05, 0) is 19.1 Å². The van der Waals surface area contributed by atoms with Crippen molar-refractivity contribution in [1.29, 1.82) is 0 Å². The number of amides is 1. The van der Waals surface area contributed by atoms with Gasteiger partial charge < -0.3 is 10.6 Å². The second-order valence-corrected chi connectivity index (χ2v) is 4.84. The second-order valence-electron chi connectivity index (χ2n) is 4.48. The minimum Gasteiger partial charge on any atom is -0.322 e. The molecule has 0 bridgehead atoms. The van der Waals surface area contributed by atoms with E-state index in [4.69, 9.17) is 11.6 Å². The minimum atomic E-state index is -0.0565. The molecule has 0 aromatic carbocycles. The van der Waals surface area contributed by atoms with Gasteiger partial charge in [0.15, 0.2) is 5.15 Å². The quantitative estimate of drug-likeness (QED) is 0.802. The zero-order valence-corrected chi connectivity index (χ0v) is 11.1. The normalized spacial score (nSPS) is 20.7. The van der Waals surface area contributed by atoms with E-state index in [1.165, 1.54) is 0 Å². The number of pyridine rings is 1. The third kappa shape index (κ3) is 3.66. The van der Waals surface area contributed by atoms with Crippen molar-refractivity contribution >= 4 is 23.2 Å². The number of carbonyl (C=O) groups is 1. The van der Waals surface area contributed by atoms with Crippen molar-refractivity contribution in [2.75, 3.05) is 31.5 Å². The van der Waals surface area contributed by atoms with E-state index >= 15 is 0 Å². The van der Waals surface area contributed by atoms with Crippen molar-refractivity contribution in [3.8, 4) is 0 Å². The van der Waals surface area contributed by atoms with E-state index in [-0.39, 0.29) is 5.91 Å². The van der Waals surface area contributed by atoms with E-state index in [0.717, 1.165) is 19.6 Å². The summed E-state index contributed by atoms with van der Waals surface area (Å²) in [5, 5.41) is 6.44. The number of nitrogens with one attached hydrogen (secondary N) is 2. The molecular weight excluding hydrogens is 252 g/mol. The molecule has 18 heavy (non-hydrogen) atoms. The fraction of sp³-hybridized carbons (Fsp3) is 0.500. The van der Waals surface area contributed by atoms with E-state index in [2.05, 4.69) is 27.4 Å². The molecule has 6 heteroatoms. The highest BCUT2D eigenvalue weighted by molar-refractivity contribution is 6.32. The lowest BCUT2D eigenvalue weighted by Gasteiger charge is -2.31. The fourth-order valence-corrected chi connectivity index (χ4v) is 2.19. The predicted molar refractivity (Wildman–Crippen MR) is 71.8 cm³/mol. The largest absolute Gasteiger partial charge is 0.322 e. The zero-order chi connectivity index (χ0) is 13.0. The lowest BCUT2D eigenvalue weighted by atomic mass is 10.2. The van der Waals surface area contributed by atoms with Gasteiger partial charge in [-0.3, -0.25) is 9.69 Å². The predicted octanol–water partition coefficient (Wildman–Crippen LogP) is 0.967. The van der Waals surface area contributed by atoms with E-state index in [9.17, 15) is 4.79 Å². The molecule has 1 unspecified atom stereocenters. The van der Waals surface area contributed by atoms with Crippen LogP contribution in [0.5, 0.6) is 0 Å². The Kier molecular flexibility index (Phi) is 4.52. The third-order valence-corrected chi connectivity index (χ3v) is 3.15. The van der Waals surface area contributed by atoms with E-state index in [1.807, 2.05) is 0 Å². The molecule has 1 atom stereocenters. The SMILES string of the molecule is CC1CN(CC(=O)Nc2cccnc2Cl)CCN1. The molecule has 2 heterocycles. The lowest BCUT2D eigenvalue weighted by molar-refractivity contribution is -0.117. The molecule has 1 aliphatic rings. The minimum absolute atomic E-state index is 0.0565. The van der Waals surface area contributed by atoms with Crippen molar-refractivity contribution in [3.63, 3.8) is 0 Å². The Labute approximate surface area is 112 Å². The molecule has 1 saturated heterocycles. The molecule has 5 nitrogen and oxygen atoms in total. The van der Waals surface area contributed by atoms with Crippen molar-refractivity contribution in [1.82, 2.24) is 15.2 Å². The van der Waals surface area contributed by atoms with Crippen LogP contribution in [0.15, 0.2) is 18.3 Å². The Morgan fingerprint density at radius 1 is 1.72 bits per heavy atom.